The standard InChI is InChI=1S/C20H22N4O2/c1-14-5-4-6-15(22-14)13-24-18-10-12-23(17(18)8-9-19(24)25)20(26)16-7-2-3-11-21-16/h2-7,11,17-18H,8-10,12-13H2,1H3/t17-,18-/m1/s1. The first-order valence-corrected chi connectivity index (χ1v) is 9.07. The van der Waals surface area contributed by atoms with Crippen LogP contribution in [-0.4, -0.2) is 50.2 Å². The van der Waals surface area contributed by atoms with Crippen LogP contribution in [0.4, 0.5) is 0 Å². The van der Waals surface area contributed by atoms with E-state index in [1.165, 1.54) is 0 Å². The highest BCUT2D eigenvalue weighted by Gasteiger charge is 2.45. The van der Waals surface area contributed by atoms with E-state index in [0.29, 0.717) is 25.2 Å². The van der Waals surface area contributed by atoms with Crippen LogP contribution in [0.3, 0.4) is 0 Å². The second kappa shape index (κ2) is 6.86. The van der Waals surface area contributed by atoms with Gasteiger partial charge >= 0.3 is 0 Å². The van der Waals surface area contributed by atoms with E-state index in [-0.39, 0.29) is 23.9 Å². The van der Waals surface area contributed by atoms with Gasteiger partial charge in [-0.05, 0) is 44.0 Å². The van der Waals surface area contributed by atoms with E-state index in [2.05, 4.69) is 9.97 Å². The van der Waals surface area contributed by atoms with Crippen LogP contribution in [0.1, 0.15) is 41.1 Å². The van der Waals surface area contributed by atoms with E-state index in [1.807, 2.05) is 41.0 Å². The number of hydrogen-bond donors (Lipinski definition) is 0. The van der Waals surface area contributed by atoms with Crippen LogP contribution >= 0.6 is 0 Å². The Morgan fingerprint density at radius 3 is 2.81 bits per heavy atom. The average Bonchev–Trinajstić information content (AvgIpc) is 3.08. The van der Waals surface area contributed by atoms with Gasteiger partial charge in [-0.1, -0.05) is 12.1 Å². The number of aryl methyl sites for hydroxylation is 1. The number of fused-ring (bicyclic) bond motifs is 1. The third-order valence-electron chi connectivity index (χ3n) is 5.31. The fraction of sp³-hybridized carbons (Fsp3) is 0.400. The van der Waals surface area contributed by atoms with Crippen LogP contribution < -0.4 is 0 Å². The summed E-state index contributed by atoms with van der Waals surface area (Å²) >= 11 is 0. The molecule has 0 unspecified atom stereocenters. The summed E-state index contributed by atoms with van der Waals surface area (Å²) in [7, 11) is 0. The van der Waals surface area contributed by atoms with Gasteiger partial charge in [0.1, 0.15) is 5.69 Å². The van der Waals surface area contributed by atoms with Crippen LogP contribution in [0, 0.1) is 6.92 Å². The quantitative estimate of drug-likeness (QED) is 0.851. The maximum atomic E-state index is 12.8. The minimum atomic E-state index is -0.0407. The molecule has 0 N–H and O–H groups in total. The van der Waals surface area contributed by atoms with Crippen molar-refractivity contribution in [3.63, 3.8) is 0 Å². The largest absolute Gasteiger partial charge is 0.332 e. The van der Waals surface area contributed by atoms with E-state index in [9.17, 15) is 9.59 Å². The third kappa shape index (κ3) is 3.07. The number of rotatable bonds is 3. The number of likely N-dealkylation sites (tertiary alicyclic amines) is 2. The van der Waals surface area contributed by atoms with Crippen molar-refractivity contribution in [2.24, 2.45) is 0 Å². The van der Waals surface area contributed by atoms with E-state index < -0.39 is 0 Å². The second-order valence-electron chi connectivity index (χ2n) is 6.97. The lowest BCUT2D eigenvalue weighted by Crippen LogP contribution is -2.52. The highest BCUT2D eigenvalue weighted by molar-refractivity contribution is 5.93. The molecular weight excluding hydrogens is 328 g/mol. The number of hydrogen-bond acceptors (Lipinski definition) is 4. The Morgan fingerprint density at radius 2 is 2.04 bits per heavy atom. The zero-order valence-corrected chi connectivity index (χ0v) is 14.8. The van der Waals surface area contributed by atoms with Gasteiger partial charge in [-0.15, -0.1) is 0 Å². The normalized spacial score (nSPS) is 22.4. The first-order valence-electron chi connectivity index (χ1n) is 9.07. The van der Waals surface area contributed by atoms with Gasteiger partial charge in [-0.25, -0.2) is 0 Å². The molecule has 6 nitrogen and oxygen atoms in total. The van der Waals surface area contributed by atoms with Crippen molar-refractivity contribution in [2.45, 2.75) is 44.8 Å². The first-order chi connectivity index (χ1) is 12.6. The topological polar surface area (TPSA) is 66.4 Å². The smallest absolute Gasteiger partial charge is 0.272 e. The summed E-state index contributed by atoms with van der Waals surface area (Å²) in [6.45, 7) is 3.12. The number of nitrogens with zero attached hydrogens (tertiary/aromatic N) is 4. The van der Waals surface area contributed by atoms with E-state index in [4.69, 9.17) is 0 Å². The lowest BCUT2D eigenvalue weighted by molar-refractivity contribution is -0.138. The SMILES string of the molecule is Cc1cccc(CN2C(=O)CC[C@@H]3[C@H]2CCN3C(=O)c2ccccn2)n1. The molecule has 2 saturated heterocycles. The predicted octanol–water partition coefficient (Wildman–Crippen LogP) is 2.19. The van der Waals surface area contributed by atoms with Crippen molar-refractivity contribution >= 4 is 11.8 Å². The van der Waals surface area contributed by atoms with Gasteiger partial charge in [-0.3, -0.25) is 19.6 Å². The maximum Gasteiger partial charge on any atom is 0.272 e. The molecule has 2 aliphatic heterocycles. The number of carbonyl (C=O) groups excluding carboxylic acids is 2. The van der Waals surface area contributed by atoms with Crippen LogP contribution in [0.15, 0.2) is 42.6 Å². The molecule has 4 heterocycles. The van der Waals surface area contributed by atoms with Gasteiger partial charge in [0.15, 0.2) is 0 Å². The van der Waals surface area contributed by atoms with Gasteiger partial charge in [0.05, 0.1) is 24.3 Å². The Balaban J connectivity index is 1.54. The van der Waals surface area contributed by atoms with Crippen LogP contribution in [-0.2, 0) is 11.3 Å². The lowest BCUT2D eigenvalue weighted by atomic mass is 9.95. The van der Waals surface area contributed by atoms with Crippen molar-refractivity contribution in [1.82, 2.24) is 19.8 Å². The lowest BCUT2D eigenvalue weighted by Gasteiger charge is -2.39. The van der Waals surface area contributed by atoms with Crippen LogP contribution in [0.5, 0.6) is 0 Å². The van der Waals surface area contributed by atoms with Crippen LogP contribution in [0.2, 0.25) is 0 Å². The van der Waals surface area contributed by atoms with Gasteiger partial charge in [0, 0.05) is 24.9 Å². The van der Waals surface area contributed by atoms with Gasteiger partial charge in [0.2, 0.25) is 5.91 Å². The summed E-state index contributed by atoms with van der Waals surface area (Å²) in [5, 5.41) is 0. The molecule has 0 radical (unpaired) electrons. The molecule has 0 saturated carbocycles. The number of amides is 2. The van der Waals surface area contributed by atoms with Gasteiger partial charge in [0.25, 0.3) is 5.91 Å². The molecule has 0 aromatic carbocycles. The molecule has 6 heteroatoms. The Kier molecular flexibility index (Phi) is 4.41. The van der Waals surface area contributed by atoms with Crippen molar-refractivity contribution in [1.29, 1.82) is 0 Å². The Labute approximate surface area is 152 Å². The number of pyridine rings is 2. The summed E-state index contributed by atoms with van der Waals surface area (Å²) in [5.41, 5.74) is 2.31. The summed E-state index contributed by atoms with van der Waals surface area (Å²) in [4.78, 5) is 37.9. The van der Waals surface area contributed by atoms with E-state index in [0.717, 1.165) is 24.2 Å². The fourth-order valence-electron chi connectivity index (χ4n) is 4.11. The monoisotopic (exact) mass is 350 g/mol. The number of aromatic nitrogens is 2. The molecule has 0 spiro atoms. The highest BCUT2D eigenvalue weighted by Crippen LogP contribution is 2.33. The minimum Gasteiger partial charge on any atom is -0.332 e. The van der Waals surface area contributed by atoms with Crippen LogP contribution in [0.25, 0.3) is 0 Å². The Morgan fingerprint density at radius 1 is 1.15 bits per heavy atom. The minimum absolute atomic E-state index is 0.0407. The molecule has 2 fully saturated rings. The molecule has 2 aromatic rings. The number of piperidine rings is 1. The van der Waals surface area contributed by atoms with E-state index in [1.54, 1.807) is 18.3 Å². The van der Waals surface area contributed by atoms with Gasteiger partial charge in [-0.2, -0.15) is 0 Å². The van der Waals surface area contributed by atoms with Crippen molar-refractivity contribution < 1.29 is 9.59 Å². The molecule has 2 amide bonds. The Hall–Kier alpha value is -2.76. The maximum absolute atomic E-state index is 12.8. The first kappa shape index (κ1) is 16.7. The van der Waals surface area contributed by atoms with Crippen molar-refractivity contribution in [3.05, 3.63) is 59.7 Å². The molecule has 0 aliphatic carbocycles. The molecule has 2 atom stereocenters. The van der Waals surface area contributed by atoms with Gasteiger partial charge < -0.3 is 9.80 Å². The zero-order chi connectivity index (χ0) is 18.1. The van der Waals surface area contributed by atoms with Crippen molar-refractivity contribution in [2.75, 3.05) is 6.54 Å². The highest BCUT2D eigenvalue weighted by atomic mass is 16.2. The summed E-state index contributed by atoms with van der Waals surface area (Å²) in [6, 6.07) is 11.4. The molecular formula is C20H22N4O2. The fourth-order valence-corrected chi connectivity index (χ4v) is 4.11. The summed E-state index contributed by atoms with van der Waals surface area (Å²) < 4.78 is 0. The third-order valence-corrected chi connectivity index (χ3v) is 5.31. The molecule has 26 heavy (non-hydrogen) atoms. The summed E-state index contributed by atoms with van der Waals surface area (Å²) in [6.07, 6.45) is 3.64. The zero-order valence-electron chi connectivity index (χ0n) is 14.8. The Bertz CT molecular complexity index is 824. The van der Waals surface area contributed by atoms with E-state index >= 15 is 0 Å². The molecule has 0 bridgehead atoms. The predicted molar refractivity (Wildman–Crippen MR) is 96.2 cm³/mol. The molecule has 134 valence electrons. The average molecular weight is 350 g/mol. The molecule has 4 rings (SSSR count). The molecule has 2 aliphatic rings. The number of carbonyl (C=O) groups is 2. The summed E-state index contributed by atoms with van der Waals surface area (Å²) in [5.74, 6) is 0.114. The van der Waals surface area contributed by atoms with Crippen molar-refractivity contribution in [3.8, 4) is 0 Å². The second-order valence-corrected chi connectivity index (χ2v) is 6.97. The molecule has 2 aromatic heterocycles.